The third-order valence-corrected chi connectivity index (χ3v) is 3.35. The van der Waals surface area contributed by atoms with E-state index in [0.29, 0.717) is 19.4 Å². The van der Waals surface area contributed by atoms with Crippen molar-refractivity contribution in [3.8, 4) is 0 Å². The molecule has 1 rings (SSSR count). The Hall–Kier alpha value is -0.370. The van der Waals surface area contributed by atoms with Crippen LogP contribution in [0.25, 0.3) is 0 Å². The van der Waals surface area contributed by atoms with Crippen molar-refractivity contribution in [3.05, 3.63) is 0 Å². The van der Waals surface area contributed by atoms with Gasteiger partial charge < -0.3 is 4.90 Å². The molecular weight excluding hydrogens is 242 g/mol. The van der Waals surface area contributed by atoms with E-state index in [1.807, 2.05) is 0 Å². The van der Waals surface area contributed by atoms with Crippen LogP contribution in [0.15, 0.2) is 0 Å². The van der Waals surface area contributed by atoms with Crippen LogP contribution in [0.5, 0.6) is 0 Å². The molecule has 6 nitrogen and oxygen atoms in total. The minimum absolute atomic E-state index is 0. The lowest BCUT2D eigenvalue weighted by atomic mass is 10.2. The van der Waals surface area contributed by atoms with Gasteiger partial charge in [0.1, 0.15) is 6.04 Å². The smallest absolute Gasteiger partial charge is 0.277 e. The van der Waals surface area contributed by atoms with Gasteiger partial charge in [-0.3, -0.25) is 4.79 Å². The molecule has 8 heteroatoms. The third-order valence-electron chi connectivity index (χ3n) is 2.26. The van der Waals surface area contributed by atoms with Gasteiger partial charge in [0, 0.05) is 20.6 Å². The van der Waals surface area contributed by atoms with Crippen molar-refractivity contribution in [3.63, 3.8) is 0 Å². The van der Waals surface area contributed by atoms with Gasteiger partial charge >= 0.3 is 0 Å². The zero-order valence-electron chi connectivity index (χ0n) is 8.71. The summed E-state index contributed by atoms with van der Waals surface area (Å²) in [7, 11) is -0.546. The van der Waals surface area contributed by atoms with Crippen molar-refractivity contribution in [2.24, 2.45) is 5.14 Å². The van der Waals surface area contributed by atoms with Crippen LogP contribution in [0.2, 0.25) is 0 Å². The third kappa shape index (κ3) is 3.30. The van der Waals surface area contributed by atoms with Crippen molar-refractivity contribution in [1.82, 2.24) is 9.21 Å². The van der Waals surface area contributed by atoms with Gasteiger partial charge in [-0.05, 0) is 12.8 Å². The van der Waals surface area contributed by atoms with E-state index < -0.39 is 16.3 Å². The van der Waals surface area contributed by atoms with Crippen LogP contribution < -0.4 is 5.14 Å². The first kappa shape index (κ1) is 14.6. The van der Waals surface area contributed by atoms with Crippen molar-refractivity contribution >= 4 is 28.5 Å². The second-order valence-electron chi connectivity index (χ2n) is 3.55. The van der Waals surface area contributed by atoms with E-state index in [4.69, 9.17) is 5.14 Å². The van der Waals surface area contributed by atoms with Crippen LogP contribution in [0.3, 0.4) is 0 Å². The summed E-state index contributed by atoms with van der Waals surface area (Å²) in [6.45, 7) is 0.336. The number of carbonyl (C=O) groups is 1. The summed E-state index contributed by atoms with van der Waals surface area (Å²) >= 11 is 0. The fourth-order valence-corrected chi connectivity index (χ4v) is 2.52. The molecule has 0 bridgehead atoms. The number of nitrogens with zero attached hydrogens (tertiary/aromatic N) is 2. The molecule has 0 radical (unpaired) electrons. The van der Waals surface area contributed by atoms with Crippen molar-refractivity contribution in [2.45, 2.75) is 18.9 Å². The van der Waals surface area contributed by atoms with E-state index in [1.165, 1.54) is 4.90 Å². The summed E-state index contributed by atoms with van der Waals surface area (Å²) in [5.74, 6) is -0.212. The zero-order chi connectivity index (χ0) is 10.9. The molecule has 0 unspecified atom stereocenters. The highest BCUT2D eigenvalue weighted by atomic mass is 35.5. The minimum Gasteiger partial charge on any atom is -0.347 e. The molecule has 1 atom stereocenters. The van der Waals surface area contributed by atoms with Gasteiger partial charge in [0.05, 0.1) is 0 Å². The monoisotopic (exact) mass is 257 g/mol. The first-order valence-corrected chi connectivity index (χ1v) is 5.85. The second kappa shape index (κ2) is 5.11. The Morgan fingerprint density at radius 2 is 2.00 bits per heavy atom. The summed E-state index contributed by atoms with van der Waals surface area (Å²) in [6, 6.07) is -0.611. The average Bonchev–Trinajstić information content (AvgIpc) is 2.48. The zero-order valence-corrected chi connectivity index (χ0v) is 10.3. The molecule has 1 fully saturated rings. The van der Waals surface area contributed by atoms with Gasteiger partial charge in [-0.25, -0.2) is 5.14 Å². The minimum atomic E-state index is -3.74. The largest absolute Gasteiger partial charge is 0.347 e. The topological polar surface area (TPSA) is 83.7 Å². The lowest BCUT2D eigenvalue weighted by Gasteiger charge is -2.23. The molecule has 1 aliphatic rings. The molecule has 15 heavy (non-hydrogen) atoms. The Bertz CT molecular complexity index is 330. The molecule has 0 aromatic rings. The lowest BCUT2D eigenvalue weighted by molar-refractivity contribution is -0.132. The Morgan fingerprint density at radius 3 is 2.40 bits per heavy atom. The number of carbonyl (C=O) groups excluding carboxylic acids is 1. The van der Waals surface area contributed by atoms with Gasteiger partial charge in [-0.1, -0.05) is 0 Å². The summed E-state index contributed by atoms with van der Waals surface area (Å²) in [5, 5.41) is 5.00. The number of nitrogens with two attached hydrogens (primary N) is 1. The van der Waals surface area contributed by atoms with Crippen LogP contribution in [-0.2, 0) is 15.0 Å². The quantitative estimate of drug-likeness (QED) is 0.700. The van der Waals surface area contributed by atoms with Gasteiger partial charge in [0.15, 0.2) is 0 Å². The van der Waals surface area contributed by atoms with Crippen LogP contribution in [0, 0.1) is 0 Å². The second-order valence-corrected chi connectivity index (χ2v) is 5.05. The van der Waals surface area contributed by atoms with E-state index >= 15 is 0 Å². The summed E-state index contributed by atoms with van der Waals surface area (Å²) in [4.78, 5) is 12.9. The standard InChI is InChI=1S/C7H15N3O3S.ClH/c1-9(2)7(11)6-4-3-5-10(6)14(8,12)13;/h6H,3-5H2,1-2H3,(H2,8,12,13);1H/t6-;/m1./s1. The normalized spacial score (nSPS) is 22.2. The number of likely N-dealkylation sites (N-methyl/N-ethyl adjacent to an activating group) is 1. The summed E-state index contributed by atoms with van der Waals surface area (Å²) in [5.41, 5.74) is 0. The molecular formula is C7H16ClN3O3S. The van der Waals surface area contributed by atoms with Crippen molar-refractivity contribution < 1.29 is 13.2 Å². The lowest BCUT2D eigenvalue weighted by Crippen LogP contribution is -2.47. The first-order valence-electron chi connectivity index (χ1n) is 4.35. The molecule has 0 aromatic heterocycles. The van der Waals surface area contributed by atoms with Crippen LogP contribution >= 0.6 is 12.4 Å². The number of rotatable bonds is 2. The fourth-order valence-electron chi connectivity index (χ4n) is 1.59. The van der Waals surface area contributed by atoms with Crippen molar-refractivity contribution in [2.75, 3.05) is 20.6 Å². The molecule has 0 saturated carbocycles. The summed E-state index contributed by atoms with van der Waals surface area (Å²) < 4.78 is 23.3. The fraction of sp³-hybridized carbons (Fsp3) is 0.857. The maximum atomic E-state index is 11.6. The van der Waals surface area contributed by atoms with Gasteiger partial charge in [-0.2, -0.15) is 12.7 Å². The number of hydrogen-bond acceptors (Lipinski definition) is 3. The van der Waals surface area contributed by atoms with Crippen LogP contribution in [0.1, 0.15) is 12.8 Å². The van der Waals surface area contributed by atoms with E-state index in [0.717, 1.165) is 4.31 Å². The molecule has 90 valence electrons. The predicted molar refractivity (Wildman–Crippen MR) is 58.8 cm³/mol. The molecule has 0 aromatic carbocycles. The Labute approximate surface area is 96.0 Å². The number of amides is 1. The number of halogens is 1. The van der Waals surface area contributed by atoms with E-state index in [-0.39, 0.29) is 18.3 Å². The Morgan fingerprint density at radius 1 is 1.47 bits per heavy atom. The molecule has 1 heterocycles. The summed E-state index contributed by atoms with van der Waals surface area (Å²) in [6.07, 6.45) is 1.23. The van der Waals surface area contributed by atoms with E-state index in [1.54, 1.807) is 14.1 Å². The SMILES string of the molecule is CN(C)C(=O)[C@H]1CCCN1S(N)(=O)=O.Cl. The van der Waals surface area contributed by atoms with Gasteiger partial charge in [-0.15, -0.1) is 12.4 Å². The highest BCUT2D eigenvalue weighted by Crippen LogP contribution is 2.20. The maximum absolute atomic E-state index is 11.6. The van der Waals surface area contributed by atoms with Crippen LogP contribution in [-0.4, -0.2) is 50.2 Å². The van der Waals surface area contributed by atoms with Crippen molar-refractivity contribution in [1.29, 1.82) is 0 Å². The predicted octanol–water partition coefficient (Wildman–Crippen LogP) is -0.836. The molecule has 0 spiro atoms. The van der Waals surface area contributed by atoms with Crippen LogP contribution in [0.4, 0.5) is 0 Å². The molecule has 1 saturated heterocycles. The molecule has 2 N–H and O–H groups in total. The van der Waals surface area contributed by atoms with E-state index in [2.05, 4.69) is 0 Å². The first-order chi connectivity index (χ1) is 6.34. The highest BCUT2D eigenvalue weighted by molar-refractivity contribution is 7.86. The van der Waals surface area contributed by atoms with E-state index in [9.17, 15) is 13.2 Å². The van der Waals surface area contributed by atoms with Gasteiger partial charge in [0.2, 0.25) is 5.91 Å². The highest BCUT2D eigenvalue weighted by Gasteiger charge is 2.37. The Kier molecular flexibility index (Phi) is 4.98. The maximum Gasteiger partial charge on any atom is 0.277 e. The van der Waals surface area contributed by atoms with Gasteiger partial charge in [0.25, 0.3) is 10.2 Å². The average molecular weight is 258 g/mol. The molecule has 1 aliphatic heterocycles. The molecule has 1 amide bonds. The molecule has 0 aliphatic carbocycles. The number of hydrogen-bond donors (Lipinski definition) is 1. The Balaban J connectivity index is 0.00000196.